The predicted octanol–water partition coefficient (Wildman–Crippen LogP) is 3.48. The Labute approximate surface area is 107 Å². The third-order valence-electron chi connectivity index (χ3n) is 2.15. The summed E-state index contributed by atoms with van der Waals surface area (Å²) in [4.78, 5) is -0.206. The van der Waals surface area contributed by atoms with E-state index in [2.05, 4.69) is 4.72 Å². The highest BCUT2D eigenvalue weighted by Crippen LogP contribution is 2.30. The molecule has 0 spiro atoms. The van der Waals surface area contributed by atoms with Gasteiger partial charge in [0.1, 0.15) is 16.8 Å². The molecule has 18 heavy (non-hydrogen) atoms. The van der Waals surface area contributed by atoms with E-state index in [0.29, 0.717) is 0 Å². The molecular formula is C12H16F3NOS. The van der Waals surface area contributed by atoms with Crippen molar-refractivity contribution in [3.05, 3.63) is 29.1 Å². The van der Waals surface area contributed by atoms with E-state index in [4.69, 9.17) is 0 Å². The minimum atomic E-state index is -2.99. The number of hydrogen-bond donors (Lipinski definition) is 1. The van der Waals surface area contributed by atoms with Crippen LogP contribution in [0.5, 0.6) is 0 Å². The lowest BCUT2D eigenvalue weighted by Crippen LogP contribution is -2.37. The molecule has 0 radical (unpaired) electrons. The highest BCUT2D eigenvalue weighted by Gasteiger charge is 2.25. The van der Waals surface area contributed by atoms with Gasteiger partial charge in [-0.25, -0.2) is 22.1 Å². The number of alkyl halides is 2. The van der Waals surface area contributed by atoms with Gasteiger partial charge < -0.3 is 0 Å². The molecule has 0 aliphatic rings. The fourth-order valence-corrected chi connectivity index (χ4v) is 2.62. The van der Waals surface area contributed by atoms with Gasteiger partial charge in [0.2, 0.25) is 0 Å². The Bertz CT molecular complexity index is 469. The van der Waals surface area contributed by atoms with Gasteiger partial charge in [0.25, 0.3) is 6.43 Å². The molecule has 1 rings (SSSR count). The van der Waals surface area contributed by atoms with E-state index in [1.165, 1.54) is 19.1 Å². The monoisotopic (exact) mass is 279 g/mol. The van der Waals surface area contributed by atoms with E-state index in [-0.39, 0.29) is 10.5 Å². The SMILES string of the molecule is Cc1ccc(S(=O)NC(C)(C)C)c(C(F)F)c1F. The topological polar surface area (TPSA) is 29.1 Å². The van der Waals surface area contributed by atoms with Crippen LogP contribution in [-0.4, -0.2) is 9.75 Å². The number of halogens is 3. The molecule has 1 aromatic carbocycles. The van der Waals surface area contributed by atoms with E-state index in [1.807, 2.05) is 0 Å². The third kappa shape index (κ3) is 3.55. The fraction of sp³-hybridized carbons (Fsp3) is 0.500. The van der Waals surface area contributed by atoms with Crippen LogP contribution in [0.4, 0.5) is 13.2 Å². The van der Waals surface area contributed by atoms with Crippen LogP contribution in [-0.2, 0) is 11.0 Å². The van der Waals surface area contributed by atoms with Crippen molar-refractivity contribution in [3.63, 3.8) is 0 Å². The summed E-state index contributed by atoms with van der Waals surface area (Å²) in [6, 6.07) is 2.62. The molecule has 0 saturated carbocycles. The first-order chi connectivity index (χ1) is 8.13. The van der Waals surface area contributed by atoms with Crippen LogP contribution in [0.15, 0.2) is 17.0 Å². The maximum Gasteiger partial charge on any atom is 0.267 e. The van der Waals surface area contributed by atoms with Crippen molar-refractivity contribution < 1.29 is 17.4 Å². The van der Waals surface area contributed by atoms with E-state index in [9.17, 15) is 17.4 Å². The van der Waals surface area contributed by atoms with Crippen LogP contribution in [0.3, 0.4) is 0 Å². The Morgan fingerprint density at radius 1 is 1.28 bits per heavy atom. The van der Waals surface area contributed by atoms with Crippen LogP contribution < -0.4 is 4.72 Å². The average Bonchev–Trinajstić information content (AvgIpc) is 2.18. The summed E-state index contributed by atoms with van der Waals surface area (Å²) in [5, 5.41) is 0. The van der Waals surface area contributed by atoms with Crippen LogP contribution in [0.25, 0.3) is 0 Å². The van der Waals surface area contributed by atoms with Crippen LogP contribution in [0.1, 0.15) is 38.3 Å². The van der Waals surface area contributed by atoms with E-state index >= 15 is 0 Å². The normalized spacial score (nSPS) is 14.0. The molecule has 0 fully saturated rings. The first-order valence-corrected chi connectivity index (χ1v) is 6.55. The standard InChI is InChI=1S/C12H16F3NOS/c1-7-5-6-8(9(10(7)13)11(14)15)18(17)16-12(2,3)4/h5-6,11,16H,1-4H3. The molecule has 0 heterocycles. The van der Waals surface area contributed by atoms with Gasteiger partial charge in [0.15, 0.2) is 0 Å². The zero-order valence-electron chi connectivity index (χ0n) is 10.7. The van der Waals surface area contributed by atoms with Gasteiger partial charge >= 0.3 is 0 Å². The first kappa shape index (κ1) is 15.2. The Balaban J connectivity index is 3.25. The highest BCUT2D eigenvalue weighted by molar-refractivity contribution is 7.83. The minimum Gasteiger partial charge on any atom is -0.237 e. The first-order valence-electron chi connectivity index (χ1n) is 5.40. The smallest absolute Gasteiger partial charge is 0.237 e. The maximum atomic E-state index is 13.7. The lowest BCUT2D eigenvalue weighted by Gasteiger charge is -2.21. The predicted molar refractivity (Wildman–Crippen MR) is 65.4 cm³/mol. The molecule has 0 saturated heterocycles. The van der Waals surface area contributed by atoms with Crippen molar-refractivity contribution in [2.45, 2.75) is 44.6 Å². The van der Waals surface area contributed by atoms with Gasteiger partial charge in [-0.05, 0) is 39.3 Å². The summed E-state index contributed by atoms with van der Waals surface area (Å²) >= 11 is 0. The fourth-order valence-electron chi connectivity index (χ4n) is 1.38. The molecule has 0 amide bonds. The van der Waals surface area contributed by atoms with Gasteiger partial charge in [0, 0.05) is 5.54 Å². The van der Waals surface area contributed by atoms with Crippen LogP contribution in [0, 0.1) is 12.7 Å². The summed E-state index contributed by atoms with van der Waals surface area (Å²) in [7, 11) is -1.87. The molecule has 1 atom stereocenters. The Morgan fingerprint density at radius 3 is 2.28 bits per heavy atom. The summed E-state index contributed by atoms with van der Waals surface area (Å²) in [6.45, 7) is 6.64. The third-order valence-corrected chi connectivity index (χ3v) is 3.70. The summed E-state index contributed by atoms with van der Waals surface area (Å²) in [6.07, 6.45) is -2.99. The van der Waals surface area contributed by atoms with Gasteiger partial charge in [-0.1, -0.05) is 6.07 Å². The molecule has 2 nitrogen and oxygen atoms in total. The second kappa shape index (κ2) is 5.40. The highest BCUT2D eigenvalue weighted by atomic mass is 32.2. The summed E-state index contributed by atoms with van der Waals surface area (Å²) in [5.74, 6) is -0.994. The number of rotatable bonds is 3. The zero-order valence-corrected chi connectivity index (χ0v) is 11.5. The molecule has 0 aliphatic carbocycles. The van der Waals surface area contributed by atoms with Crippen LogP contribution in [0.2, 0.25) is 0 Å². The summed E-state index contributed by atoms with van der Waals surface area (Å²) in [5.41, 5.74) is -1.20. The molecule has 1 unspecified atom stereocenters. The number of benzene rings is 1. The van der Waals surface area contributed by atoms with Gasteiger partial charge in [0.05, 0.1) is 10.5 Å². The lowest BCUT2D eigenvalue weighted by atomic mass is 10.1. The molecule has 1 N–H and O–H groups in total. The average molecular weight is 279 g/mol. The molecule has 1 aromatic rings. The van der Waals surface area contributed by atoms with Gasteiger partial charge in [-0.2, -0.15) is 0 Å². The van der Waals surface area contributed by atoms with E-state index < -0.39 is 34.3 Å². The Kier molecular flexibility index (Phi) is 4.55. The zero-order chi connectivity index (χ0) is 14.1. The van der Waals surface area contributed by atoms with Gasteiger partial charge in [-0.15, -0.1) is 0 Å². The Hall–Kier alpha value is -0.880. The minimum absolute atomic E-state index is 0.113. The number of hydrogen-bond acceptors (Lipinski definition) is 1. The number of nitrogens with one attached hydrogen (secondary N) is 1. The molecule has 102 valence electrons. The van der Waals surface area contributed by atoms with Crippen molar-refractivity contribution in [3.8, 4) is 0 Å². The molecule has 0 aromatic heterocycles. The van der Waals surface area contributed by atoms with Gasteiger partial charge in [-0.3, -0.25) is 0 Å². The second-order valence-electron chi connectivity index (χ2n) is 5.03. The molecular weight excluding hydrogens is 263 g/mol. The maximum absolute atomic E-state index is 13.7. The van der Waals surface area contributed by atoms with E-state index in [0.717, 1.165) is 0 Å². The van der Waals surface area contributed by atoms with Crippen molar-refractivity contribution in [1.82, 2.24) is 4.72 Å². The molecule has 6 heteroatoms. The van der Waals surface area contributed by atoms with Crippen molar-refractivity contribution in [2.75, 3.05) is 0 Å². The molecule has 0 aliphatic heterocycles. The van der Waals surface area contributed by atoms with Crippen LogP contribution >= 0.6 is 0 Å². The van der Waals surface area contributed by atoms with Crippen molar-refractivity contribution >= 4 is 11.0 Å². The number of aryl methyl sites for hydroxylation is 1. The molecule has 0 bridgehead atoms. The van der Waals surface area contributed by atoms with E-state index in [1.54, 1.807) is 20.8 Å². The van der Waals surface area contributed by atoms with Crippen molar-refractivity contribution in [1.29, 1.82) is 0 Å². The Morgan fingerprint density at radius 2 is 1.83 bits per heavy atom. The largest absolute Gasteiger partial charge is 0.267 e. The van der Waals surface area contributed by atoms with Crippen molar-refractivity contribution in [2.24, 2.45) is 0 Å². The summed E-state index contributed by atoms with van der Waals surface area (Å²) < 4.78 is 54.0. The second-order valence-corrected chi connectivity index (χ2v) is 6.21. The lowest BCUT2D eigenvalue weighted by molar-refractivity contribution is 0.142. The quantitative estimate of drug-likeness (QED) is 0.901.